The highest BCUT2D eigenvalue weighted by atomic mass is 79.9. The number of nitrogens with one attached hydrogen (secondary N) is 1. The van der Waals surface area contributed by atoms with Crippen LogP contribution < -0.4 is 16.0 Å². The summed E-state index contributed by atoms with van der Waals surface area (Å²) < 4.78 is 6.54. The van der Waals surface area contributed by atoms with Crippen molar-refractivity contribution in [3.8, 4) is 11.6 Å². The number of anilines is 1. The summed E-state index contributed by atoms with van der Waals surface area (Å²) in [7, 11) is 0. The lowest BCUT2D eigenvalue weighted by Gasteiger charge is -2.10. The molecule has 104 valence electrons. The molecule has 1 aromatic carbocycles. The zero-order valence-electron chi connectivity index (χ0n) is 10.4. The van der Waals surface area contributed by atoms with Crippen molar-refractivity contribution >= 4 is 33.3 Å². The van der Waals surface area contributed by atoms with Gasteiger partial charge in [-0.3, -0.25) is 0 Å². The number of rotatable bonds is 4. The predicted molar refractivity (Wildman–Crippen MR) is 81.0 cm³/mol. The van der Waals surface area contributed by atoms with E-state index in [-0.39, 0.29) is 0 Å². The largest absolute Gasteiger partial charge is 0.438 e. The highest BCUT2D eigenvalue weighted by molar-refractivity contribution is 9.10. The van der Waals surface area contributed by atoms with Crippen molar-refractivity contribution in [2.24, 2.45) is 5.84 Å². The van der Waals surface area contributed by atoms with Gasteiger partial charge in [0.1, 0.15) is 17.4 Å². The Kier molecular flexibility index (Phi) is 3.78. The summed E-state index contributed by atoms with van der Waals surface area (Å²) in [6, 6.07) is 6.96. The summed E-state index contributed by atoms with van der Waals surface area (Å²) in [5, 5.41) is 0.634. The second kappa shape index (κ2) is 5.55. The van der Waals surface area contributed by atoms with E-state index in [2.05, 4.69) is 31.3 Å². The van der Waals surface area contributed by atoms with Crippen LogP contribution in [0.3, 0.4) is 0 Å². The van der Waals surface area contributed by atoms with Crippen molar-refractivity contribution in [2.75, 3.05) is 5.43 Å². The number of nitrogens with zero attached hydrogens (tertiary/aromatic N) is 2. The minimum Gasteiger partial charge on any atom is -0.438 e. The molecule has 0 saturated heterocycles. The summed E-state index contributed by atoms with van der Waals surface area (Å²) in [5.41, 5.74) is 2.54. The third-order valence-electron chi connectivity index (χ3n) is 2.92. The van der Waals surface area contributed by atoms with Crippen molar-refractivity contribution in [1.82, 2.24) is 9.97 Å². The lowest BCUT2D eigenvalue weighted by atomic mass is 10.3. The lowest BCUT2D eigenvalue weighted by molar-refractivity contribution is 0.456. The first-order valence-corrected chi connectivity index (χ1v) is 7.31. The van der Waals surface area contributed by atoms with E-state index < -0.39 is 0 Å². The minimum absolute atomic E-state index is 0.416. The zero-order chi connectivity index (χ0) is 14.1. The van der Waals surface area contributed by atoms with Crippen LogP contribution in [-0.2, 0) is 0 Å². The van der Waals surface area contributed by atoms with E-state index in [1.54, 1.807) is 24.3 Å². The highest BCUT2D eigenvalue weighted by Gasteiger charge is 2.27. The number of hydrazine groups is 1. The molecule has 7 heteroatoms. The van der Waals surface area contributed by atoms with Crippen LogP contribution in [0.25, 0.3) is 0 Å². The maximum atomic E-state index is 5.90. The minimum atomic E-state index is 0.416. The van der Waals surface area contributed by atoms with E-state index in [0.717, 1.165) is 23.1 Å². The molecule has 1 aromatic heterocycles. The van der Waals surface area contributed by atoms with Crippen LogP contribution in [-0.4, -0.2) is 9.97 Å². The van der Waals surface area contributed by atoms with Gasteiger partial charge >= 0.3 is 0 Å². The monoisotopic (exact) mass is 354 g/mol. The van der Waals surface area contributed by atoms with Crippen LogP contribution in [0.4, 0.5) is 5.82 Å². The van der Waals surface area contributed by atoms with Crippen molar-refractivity contribution in [1.29, 1.82) is 0 Å². The molecule has 1 aliphatic rings. The Labute approximate surface area is 129 Å². The molecule has 5 nitrogen and oxygen atoms in total. The van der Waals surface area contributed by atoms with E-state index in [1.807, 2.05) is 0 Å². The van der Waals surface area contributed by atoms with Gasteiger partial charge in [0.05, 0.1) is 4.47 Å². The second-order valence-corrected chi connectivity index (χ2v) is 5.84. The summed E-state index contributed by atoms with van der Waals surface area (Å²) >= 11 is 9.31. The van der Waals surface area contributed by atoms with E-state index in [4.69, 9.17) is 22.2 Å². The predicted octanol–water partition coefficient (Wildman–Crippen LogP) is 3.85. The maximum absolute atomic E-state index is 5.90. The Morgan fingerprint density at radius 3 is 2.75 bits per heavy atom. The number of hydrogen-bond acceptors (Lipinski definition) is 5. The zero-order valence-corrected chi connectivity index (χ0v) is 12.8. The Morgan fingerprint density at radius 1 is 1.30 bits per heavy atom. The highest BCUT2D eigenvalue weighted by Crippen LogP contribution is 2.39. The molecule has 3 rings (SSSR count). The quantitative estimate of drug-likeness (QED) is 0.644. The molecule has 0 unspecified atom stereocenters. The summed E-state index contributed by atoms with van der Waals surface area (Å²) in [5.74, 6) is 8.25. The summed E-state index contributed by atoms with van der Waals surface area (Å²) in [4.78, 5) is 8.75. The van der Waals surface area contributed by atoms with Crippen LogP contribution in [0.15, 0.2) is 28.7 Å². The first-order chi connectivity index (χ1) is 9.65. The van der Waals surface area contributed by atoms with Crippen LogP contribution >= 0.6 is 27.5 Å². The smallest absolute Gasteiger partial charge is 0.224 e. The third kappa shape index (κ3) is 3.03. The van der Waals surface area contributed by atoms with Crippen molar-refractivity contribution in [3.05, 3.63) is 39.6 Å². The van der Waals surface area contributed by atoms with Gasteiger partial charge in [-0.1, -0.05) is 11.6 Å². The van der Waals surface area contributed by atoms with E-state index >= 15 is 0 Å². The molecule has 0 amide bonds. The van der Waals surface area contributed by atoms with Gasteiger partial charge in [-0.15, -0.1) is 0 Å². The van der Waals surface area contributed by atoms with Gasteiger partial charge in [-0.2, -0.15) is 4.98 Å². The molecule has 0 aliphatic heterocycles. The van der Waals surface area contributed by atoms with Gasteiger partial charge in [0, 0.05) is 17.0 Å². The van der Waals surface area contributed by atoms with Gasteiger partial charge < -0.3 is 10.2 Å². The molecule has 1 saturated carbocycles. The topological polar surface area (TPSA) is 73.1 Å². The summed E-state index contributed by atoms with van der Waals surface area (Å²) in [6.07, 6.45) is 2.22. The van der Waals surface area contributed by atoms with Crippen molar-refractivity contribution in [3.63, 3.8) is 0 Å². The Hall–Kier alpha value is -1.37. The van der Waals surface area contributed by atoms with Crippen LogP contribution in [0.5, 0.6) is 11.6 Å². The molecule has 20 heavy (non-hydrogen) atoms. The maximum Gasteiger partial charge on any atom is 0.224 e. The Balaban J connectivity index is 1.91. The molecule has 0 spiro atoms. The van der Waals surface area contributed by atoms with Gasteiger partial charge in [-0.25, -0.2) is 10.8 Å². The lowest BCUT2D eigenvalue weighted by Crippen LogP contribution is -2.10. The molecule has 1 aliphatic carbocycles. The molecule has 0 atom stereocenters. The number of nitrogen functional groups attached to an aromatic ring is 1. The van der Waals surface area contributed by atoms with Gasteiger partial charge in [0.2, 0.25) is 5.88 Å². The fraction of sp³-hybridized carbons (Fsp3) is 0.231. The second-order valence-electron chi connectivity index (χ2n) is 4.55. The van der Waals surface area contributed by atoms with E-state index in [9.17, 15) is 0 Å². The fourth-order valence-corrected chi connectivity index (χ4v) is 2.53. The Bertz CT molecular complexity index is 648. The van der Waals surface area contributed by atoms with Gasteiger partial charge in [0.15, 0.2) is 0 Å². The molecule has 0 radical (unpaired) electrons. The van der Waals surface area contributed by atoms with Crippen LogP contribution in [0, 0.1) is 0 Å². The average Bonchev–Trinajstić information content (AvgIpc) is 3.26. The first kappa shape index (κ1) is 13.6. The van der Waals surface area contributed by atoms with Crippen LogP contribution in [0.2, 0.25) is 5.02 Å². The molecular weight excluding hydrogens is 344 g/mol. The third-order valence-corrected chi connectivity index (χ3v) is 3.77. The van der Waals surface area contributed by atoms with E-state index in [0.29, 0.717) is 28.4 Å². The number of hydrogen-bond donors (Lipinski definition) is 2. The molecule has 2 aromatic rings. The molecular formula is C13H12BrClN4O. The molecule has 1 fully saturated rings. The van der Waals surface area contributed by atoms with Gasteiger partial charge in [-0.05, 0) is 47.0 Å². The number of halogens is 2. The Morgan fingerprint density at radius 2 is 2.10 bits per heavy atom. The normalized spacial score (nSPS) is 14.2. The standard InChI is InChI=1S/C13H12BrClN4O/c14-9-5-8(15)3-4-10(9)20-12-6-11(19-16)17-13(18-12)7-1-2-7/h3-7H,1-2,16H2,(H,17,18,19). The van der Waals surface area contributed by atoms with Crippen molar-refractivity contribution < 1.29 is 4.74 Å². The van der Waals surface area contributed by atoms with E-state index in [1.165, 1.54) is 0 Å². The number of aromatic nitrogens is 2. The molecule has 0 bridgehead atoms. The first-order valence-electron chi connectivity index (χ1n) is 6.14. The molecule has 3 N–H and O–H groups in total. The summed E-state index contributed by atoms with van der Waals surface area (Å²) in [6.45, 7) is 0. The number of benzene rings is 1. The number of nitrogens with two attached hydrogens (primary N) is 1. The van der Waals surface area contributed by atoms with Gasteiger partial charge in [0.25, 0.3) is 0 Å². The fourth-order valence-electron chi connectivity index (χ4n) is 1.76. The van der Waals surface area contributed by atoms with Crippen molar-refractivity contribution in [2.45, 2.75) is 18.8 Å². The average molecular weight is 356 g/mol. The molecule has 1 heterocycles. The SMILES string of the molecule is NNc1cc(Oc2ccc(Cl)cc2Br)nc(C2CC2)n1. The number of ether oxygens (including phenoxy) is 1. The van der Waals surface area contributed by atoms with Crippen LogP contribution in [0.1, 0.15) is 24.6 Å².